The van der Waals surface area contributed by atoms with E-state index >= 15 is 0 Å². The van der Waals surface area contributed by atoms with Crippen LogP contribution in [0.15, 0.2) is 53.4 Å². The molecule has 1 aliphatic heterocycles. The molecule has 0 bridgehead atoms. The predicted octanol–water partition coefficient (Wildman–Crippen LogP) is 2.90. The van der Waals surface area contributed by atoms with Crippen molar-refractivity contribution in [2.75, 3.05) is 10.6 Å². The molecule has 0 aliphatic carbocycles. The zero-order valence-corrected chi connectivity index (χ0v) is 17.3. The van der Waals surface area contributed by atoms with Gasteiger partial charge in [0.15, 0.2) is 0 Å². The molecule has 8 heteroatoms. The number of carbonyl (C=O) groups is 2. The summed E-state index contributed by atoms with van der Waals surface area (Å²) < 4.78 is 26.8. The maximum atomic E-state index is 12.3. The van der Waals surface area contributed by atoms with Gasteiger partial charge in [-0.15, -0.1) is 0 Å². The molecule has 3 rings (SSSR count). The Balaban J connectivity index is 1.54. The number of fused-ring (bicyclic) bond motifs is 1. The number of sulfonamides is 1. The number of benzene rings is 2. The van der Waals surface area contributed by atoms with Gasteiger partial charge in [0.2, 0.25) is 21.8 Å². The third-order valence-electron chi connectivity index (χ3n) is 4.67. The molecule has 0 aromatic heterocycles. The first kappa shape index (κ1) is 21.0. The van der Waals surface area contributed by atoms with Crippen molar-refractivity contribution in [3.05, 3.63) is 54.1 Å². The summed E-state index contributed by atoms with van der Waals surface area (Å²) >= 11 is 0. The van der Waals surface area contributed by atoms with Crippen LogP contribution in [0.25, 0.3) is 0 Å². The molecular weight excluding hydrogens is 390 g/mol. The predicted molar refractivity (Wildman–Crippen MR) is 112 cm³/mol. The Bertz CT molecular complexity index is 1000. The summed E-state index contributed by atoms with van der Waals surface area (Å²) in [5.74, 6) is -0.526. The van der Waals surface area contributed by atoms with Crippen LogP contribution in [0, 0.1) is 5.92 Å². The van der Waals surface area contributed by atoms with Crippen molar-refractivity contribution in [2.24, 2.45) is 5.92 Å². The lowest BCUT2D eigenvalue weighted by molar-refractivity contribution is -0.121. The topological polar surface area (TPSA) is 104 Å². The minimum Gasteiger partial charge on any atom is -0.326 e. The van der Waals surface area contributed by atoms with E-state index in [-0.39, 0.29) is 35.1 Å². The van der Waals surface area contributed by atoms with Crippen LogP contribution < -0.4 is 15.4 Å². The van der Waals surface area contributed by atoms with Crippen molar-refractivity contribution in [3.63, 3.8) is 0 Å². The third kappa shape index (κ3) is 5.42. The lowest BCUT2D eigenvalue weighted by Crippen LogP contribution is -2.30. The van der Waals surface area contributed by atoms with E-state index in [1.807, 2.05) is 24.3 Å². The molecule has 1 heterocycles. The van der Waals surface area contributed by atoms with Crippen LogP contribution in [0.3, 0.4) is 0 Å². The molecule has 2 aromatic rings. The van der Waals surface area contributed by atoms with Crippen LogP contribution in [0.2, 0.25) is 0 Å². The van der Waals surface area contributed by atoms with Gasteiger partial charge in [-0.3, -0.25) is 9.59 Å². The van der Waals surface area contributed by atoms with Gasteiger partial charge in [-0.25, -0.2) is 13.1 Å². The summed E-state index contributed by atoms with van der Waals surface area (Å²) in [5.41, 5.74) is 2.42. The van der Waals surface area contributed by atoms with Crippen molar-refractivity contribution in [2.45, 2.75) is 44.0 Å². The van der Waals surface area contributed by atoms with Gasteiger partial charge in [0.1, 0.15) is 0 Å². The van der Waals surface area contributed by atoms with Gasteiger partial charge in [0, 0.05) is 29.8 Å². The SMILES string of the molecule is CC(C)NS(=O)(=O)c1ccc(NC(=O)CCC2Cc3ccccc3NC2=O)cc1. The first-order valence-corrected chi connectivity index (χ1v) is 11.0. The minimum atomic E-state index is -3.57. The van der Waals surface area contributed by atoms with Gasteiger partial charge in [-0.05, 0) is 62.6 Å². The Kier molecular flexibility index (Phi) is 6.34. The molecule has 2 amide bonds. The Morgan fingerprint density at radius 1 is 1.14 bits per heavy atom. The summed E-state index contributed by atoms with van der Waals surface area (Å²) in [5, 5.41) is 5.63. The highest BCUT2D eigenvalue weighted by atomic mass is 32.2. The van der Waals surface area contributed by atoms with Crippen LogP contribution in [0.4, 0.5) is 11.4 Å². The second-order valence-electron chi connectivity index (χ2n) is 7.43. The highest BCUT2D eigenvalue weighted by Gasteiger charge is 2.26. The van der Waals surface area contributed by atoms with E-state index in [0.717, 1.165) is 11.3 Å². The molecule has 1 unspecified atom stereocenters. The molecule has 0 radical (unpaired) electrons. The molecule has 7 nitrogen and oxygen atoms in total. The lowest BCUT2D eigenvalue weighted by atomic mass is 9.89. The van der Waals surface area contributed by atoms with Crippen molar-refractivity contribution in [3.8, 4) is 0 Å². The van der Waals surface area contributed by atoms with E-state index in [4.69, 9.17) is 0 Å². The van der Waals surface area contributed by atoms with Crippen LogP contribution >= 0.6 is 0 Å². The van der Waals surface area contributed by atoms with Crippen LogP contribution in [-0.4, -0.2) is 26.3 Å². The first-order chi connectivity index (χ1) is 13.7. The molecule has 2 aromatic carbocycles. The molecule has 1 aliphatic rings. The summed E-state index contributed by atoms with van der Waals surface area (Å²) in [6, 6.07) is 13.5. The summed E-state index contributed by atoms with van der Waals surface area (Å²) in [6.45, 7) is 3.49. The quantitative estimate of drug-likeness (QED) is 0.647. The molecule has 154 valence electrons. The molecule has 3 N–H and O–H groups in total. The van der Waals surface area contributed by atoms with E-state index in [2.05, 4.69) is 15.4 Å². The number of hydrogen-bond donors (Lipinski definition) is 3. The van der Waals surface area contributed by atoms with E-state index in [0.29, 0.717) is 18.5 Å². The number of rotatable bonds is 7. The molecular formula is C21H25N3O4S. The summed E-state index contributed by atoms with van der Waals surface area (Å²) in [4.78, 5) is 24.6. The third-order valence-corrected chi connectivity index (χ3v) is 6.35. The molecule has 1 atom stereocenters. The highest BCUT2D eigenvalue weighted by molar-refractivity contribution is 7.89. The summed E-state index contributed by atoms with van der Waals surface area (Å²) in [7, 11) is -3.57. The van der Waals surface area contributed by atoms with Crippen LogP contribution in [0.5, 0.6) is 0 Å². The van der Waals surface area contributed by atoms with Crippen LogP contribution in [0.1, 0.15) is 32.3 Å². The standard InChI is InChI=1S/C21H25N3O4S/c1-14(2)24-29(27,28)18-10-8-17(9-11-18)22-20(25)12-7-16-13-15-5-3-4-6-19(15)23-21(16)26/h3-6,8-11,14,16,24H,7,12-13H2,1-2H3,(H,22,25)(H,23,26). The average molecular weight is 416 g/mol. The number of nitrogens with one attached hydrogen (secondary N) is 3. The maximum Gasteiger partial charge on any atom is 0.240 e. The van der Waals surface area contributed by atoms with Crippen molar-refractivity contribution in [1.82, 2.24) is 4.72 Å². The summed E-state index contributed by atoms with van der Waals surface area (Å²) in [6.07, 6.45) is 1.26. The molecule has 29 heavy (non-hydrogen) atoms. The second kappa shape index (κ2) is 8.75. The van der Waals surface area contributed by atoms with E-state index < -0.39 is 10.0 Å². The minimum absolute atomic E-state index is 0.0660. The molecule has 0 spiro atoms. The average Bonchev–Trinajstić information content (AvgIpc) is 2.66. The number of para-hydroxylation sites is 1. The van der Waals surface area contributed by atoms with Crippen molar-refractivity contribution in [1.29, 1.82) is 0 Å². The number of anilines is 2. The number of carbonyl (C=O) groups excluding carboxylic acids is 2. The highest BCUT2D eigenvalue weighted by Crippen LogP contribution is 2.27. The number of hydrogen-bond acceptors (Lipinski definition) is 4. The lowest BCUT2D eigenvalue weighted by Gasteiger charge is -2.24. The Labute approximate surface area is 171 Å². The van der Waals surface area contributed by atoms with Gasteiger partial charge in [0.25, 0.3) is 0 Å². The largest absolute Gasteiger partial charge is 0.326 e. The first-order valence-electron chi connectivity index (χ1n) is 9.55. The zero-order chi connectivity index (χ0) is 21.0. The van der Waals surface area contributed by atoms with Gasteiger partial charge >= 0.3 is 0 Å². The smallest absolute Gasteiger partial charge is 0.240 e. The fourth-order valence-electron chi connectivity index (χ4n) is 3.27. The Morgan fingerprint density at radius 3 is 2.52 bits per heavy atom. The van der Waals surface area contributed by atoms with Gasteiger partial charge in [0.05, 0.1) is 4.90 Å². The fraction of sp³-hybridized carbons (Fsp3) is 0.333. The fourth-order valence-corrected chi connectivity index (χ4v) is 4.52. The van der Waals surface area contributed by atoms with Crippen LogP contribution in [-0.2, 0) is 26.0 Å². The monoisotopic (exact) mass is 415 g/mol. The molecule has 0 saturated heterocycles. The normalized spacial score (nSPS) is 16.2. The Morgan fingerprint density at radius 2 is 1.83 bits per heavy atom. The molecule has 0 fully saturated rings. The number of amides is 2. The van der Waals surface area contributed by atoms with Gasteiger partial charge in [-0.2, -0.15) is 0 Å². The second-order valence-corrected chi connectivity index (χ2v) is 9.15. The van der Waals surface area contributed by atoms with E-state index in [1.54, 1.807) is 26.0 Å². The van der Waals surface area contributed by atoms with Gasteiger partial charge in [-0.1, -0.05) is 18.2 Å². The van der Waals surface area contributed by atoms with Crippen molar-refractivity contribution >= 4 is 33.2 Å². The molecule has 0 saturated carbocycles. The van der Waals surface area contributed by atoms with E-state index in [1.165, 1.54) is 12.1 Å². The zero-order valence-electron chi connectivity index (χ0n) is 16.4. The maximum absolute atomic E-state index is 12.3. The van der Waals surface area contributed by atoms with Crippen molar-refractivity contribution < 1.29 is 18.0 Å². The Hall–Kier alpha value is -2.71. The van der Waals surface area contributed by atoms with Gasteiger partial charge < -0.3 is 10.6 Å². The van der Waals surface area contributed by atoms with E-state index in [9.17, 15) is 18.0 Å².